The molecule has 1 amide bonds. The monoisotopic (exact) mass is 322 g/mol. The fourth-order valence-electron chi connectivity index (χ4n) is 2.07. The number of carbonyl (C=O) groups is 1. The van der Waals surface area contributed by atoms with Crippen molar-refractivity contribution < 1.29 is 14.0 Å². The van der Waals surface area contributed by atoms with E-state index in [4.69, 9.17) is 14.9 Å². The van der Waals surface area contributed by atoms with E-state index in [1.807, 2.05) is 0 Å². The summed E-state index contributed by atoms with van der Waals surface area (Å²) in [5.74, 6) is 0.637. The minimum absolute atomic E-state index is 0.0584. The lowest BCUT2D eigenvalue weighted by atomic mass is 10.2. The molecule has 0 unspecified atom stereocenters. The second-order valence-corrected chi connectivity index (χ2v) is 12.0. The van der Waals surface area contributed by atoms with Crippen molar-refractivity contribution in [3.8, 4) is 5.75 Å². The van der Waals surface area contributed by atoms with E-state index < -0.39 is 8.32 Å². The average molecular weight is 322 g/mol. The molecular formula is C16H26N2O3Si. The zero-order chi connectivity index (χ0) is 16.5. The van der Waals surface area contributed by atoms with Gasteiger partial charge < -0.3 is 19.8 Å². The van der Waals surface area contributed by atoms with Crippen LogP contribution < -0.4 is 15.4 Å². The van der Waals surface area contributed by atoms with Gasteiger partial charge in [-0.25, -0.2) is 0 Å². The minimum Gasteiger partial charge on any atom is -0.482 e. The largest absolute Gasteiger partial charge is 0.482 e. The maximum atomic E-state index is 12.1. The highest BCUT2D eigenvalue weighted by Gasteiger charge is 2.37. The van der Waals surface area contributed by atoms with Crippen LogP contribution in [0.5, 0.6) is 5.75 Å². The summed E-state index contributed by atoms with van der Waals surface area (Å²) in [6.07, 6.45) is 0. The molecule has 5 nitrogen and oxygen atoms in total. The Bertz CT molecular complexity index is 567. The van der Waals surface area contributed by atoms with Gasteiger partial charge >= 0.3 is 0 Å². The van der Waals surface area contributed by atoms with Gasteiger partial charge in [0.15, 0.2) is 14.9 Å². The van der Waals surface area contributed by atoms with Crippen LogP contribution in [-0.4, -0.2) is 34.0 Å². The van der Waals surface area contributed by atoms with E-state index in [0.717, 1.165) is 5.69 Å². The number of nitrogens with two attached hydrogens (primary N) is 1. The van der Waals surface area contributed by atoms with Gasteiger partial charge in [-0.15, -0.1) is 0 Å². The van der Waals surface area contributed by atoms with Crippen LogP contribution in [0.2, 0.25) is 18.1 Å². The van der Waals surface area contributed by atoms with Gasteiger partial charge in [-0.1, -0.05) is 20.8 Å². The van der Waals surface area contributed by atoms with Gasteiger partial charge in [0.2, 0.25) is 0 Å². The summed E-state index contributed by atoms with van der Waals surface area (Å²) < 4.78 is 11.6. The van der Waals surface area contributed by atoms with Crippen LogP contribution in [0.3, 0.4) is 0 Å². The van der Waals surface area contributed by atoms with Crippen LogP contribution in [0.4, 0.5) is 11.4 Å². The van der Waals surface area contributed by atoms with E-state index in [1.54, 1.807) is 23.1 Å². The summed E-state index contributed by atoms with van der Waals surface area (Å²) in [7, 11) is -1.81. The number of carbonyl (C=O) groups excluding carboxylic acids is 1. The highest BCUT2D eigenvalue weighted by atomic mass is 28.4. The predicted molar refractivity (Wildman–Crippen MR) is 91.9 cm³/mol. The maximum Gasteiger partial charge on any atom is 0.265 e. The number of hydrogen-bond acceptors (Lipinski definition) is 4. The second-order valence-electron chi connectivity index (χ2n) is 7.17. The molecule has 2 N–H and O–H groups in total. The third kappa shape index (κ3) is 3.44. The van der Waals surface area contributed by atoms with Gasteiger partial charge in [-0.2, -0.15) is 0 Å². The topological polar surface area (TPSA) is 64.8 Å². The van der Waals surface area contributed by atoms with Crippen molar-refractivity contribution in [1.29, 1.82) is 0 Å². The summed E-state index contributed by atoms with van der Waals surface area (Å²) in [6, 6.07) is 5.36. The molecule has 0 radical (unpaired) electrons. The Labute approximate surface area is 133 Å². The molecule has 0 aromatic heterocycles. The number of nitrogens with zero attached hydrogens (tertiary/aromatic N) is 1. The molecule has 0 spiro atoms. The van der Waals surface area contributed by atoms with Crippen LogP contribution in [0.15, 0.2) is 18.2 Å². The number of nitrogen functional groups attached to an aromatic ring is 1. The Kier molecular flexibility index (Phi) is 4.53. The fraction of sp³-hybridized carbons (Fsp3) is 0.562. The Morgan fingerprint density at radius 3 is 2.68 bits per heavy atom. The van der Waals surface area contributed by atoms with Gasteiger partial charge in [0.1, 0.15) is 5.75 Å². The molecule has 1 aliphatic heterocycles. The lowest BCUT2D eigenvalue weighted by molar-refractivity contribution is -0.121. The number of anilines is 2. The van der Waals surface area contributed by atoms with Crippen molar-refractivity contribution in [2.24, 2.45) is 0 Å². The first kappa shape index (κ1) is 16.8. The first-order chi connectivity index (χ1) is 10.1. The molecule has 1 heterocycles. The van der Waals surface area contributed by atoms with Gasteiger partial charge in [-0.05, 0) is 36.3 Å². The van der Waals surface area contributed by atoms with Gasteiger partial charge in [0.05, 0.1) is 12.3 Å². The molecule has 22 heavy (non-hydrogen) atoms. The van der Waals surface area contributed by atoms with Crippen molar-refractivity contribution in [2.75, 3.05) is 30.4 Å². The zero-order valence-corrected chi connectivity index (χ0v) is 15.1. The zero-order valence-electron chi connectivity index (χ0n) is 14.1. The summed E-state index contributed by atoms with van der Waals surface area (Å²) in [5.41, 5.74) is 7.18. The Morgan fingerprint density at radius 1 is 1.36 bits per heavy atom. The fourth-order valence-corrected chi connectivity index (χ4v) is 3.11. The van der Waals surface area contributed by atoms with Crippen LogP contribution in [0.25, 0.3) is 0 Å². The number of fused-ring (bicyclic) bond motifs is 1. The molecule has 1 aromatic rings. The third-order valence-electron chi connectivity index (χ3n) is 4.51. The number of ether oxygens (including phenoxy) is 1. The first-order valence-corrected chi connectivity index (χ1v) is 10.5. The lowest BCUT2D eigenvalue weighted by Crippen LogP contribution is -2.45. The van der Waals surface area contributed by atoms with Crippen LogP contribution in [0, 0.1) is 0 Å². The van der Waals surface area contributed by atoms with Crippen LogP contribution >= 0.6 is 0 Å². The van der Waals surface area contributed by atoms with E-state index >= 15 is 0 Å². The SMILES string of the molecule is CC(C)(C)[Si](C)(C)OCCN1C(=O)COc2ccc(N)cc21. The molecule has 0 aliphatic carbocycles. The molecule has 0 fully saturated rings. The average Bonchev–Trinajstić information content (AvgIpc) is 2.40. The molecule has 1 aromatic carbocycles. The first-order valence-electron chi connectivity index (χ1n) is 7.58. The maximum absolute atomic E-state index is 12.1. The minimum atomic E-state index is -1.81. The third-order valence-corrected chi connectivity index (χ3v) is 9.05. The summed E-state index contributed by atoms with van der Waals surface area (Å²) >= 11 is 0. The standard InChI is InChI=1S/C16H26N2O3Si/c1-16(2,3)22(4,5)21-9-8-18-13-10-12(17)6-7-14(13)20-11-15(18)19/h6-7,10H,8-9,11,17H2,1-5H3. The van der Waals surface area contributed by atoms with E-state index in [1.165, 1.54) is 0 Å². The Morgan fingerprint density at radius 2 is 2.05 bits per heavy atom. The van der Waals surface area contributed by atoms with Crippen molar-refractivity contribution in [3.63, 3.8) is 0 Å². The number of amides is 1. The molecule has 0 saturated heterocycles. The predicted octanol–water partition coefficient (Wildman–Crippen LogP) is 3.02. The molecule has 0 bridgehead atoms. The second kappa shape index (κ2) is 5.93. The molecule has 1 aliphatic rings. The van der Waals surface area contributed by atoms with E-state index in [0.29, 0.717) is 24.6 Å². The summed E-state index contributed by atoms with van der Waals surface area (Å²) in [5, 5.41) is 0.157. The quantitative estimate of drug-likeness (QED) is 0.683. The van der Waals surface area contributed by atoms with E-state index in [2.05, 4.69) is 33.9 Å². The number of rotatable bonds is 4. The summed E-state index contributed by atoms with van der Waals surface area (Å²) in [4.78, 5) is 13.8. The number of benzene rings is 1. The van der Waals surface area contributed by atoms with Crippen LogP contribution in [-0.2, 0) is 9.22 Å². The smallest absolute Gasteiger partial charge is 0.265 e. The van der Waals surface area contributed by atoms with Gasteiger partial charge in [0.25, 0.3) is 5.91 Å². The highest BCUT2D eigenvalue weighted by molar-refractivity contribution is 6.74. The molecule has 2 rings (SSSR count). The van der Waals surface area contributed by atoms with Gasteiger partial charge in [0, 0.05) is 12.2 Å². The van der Waals surface area contributed by atoms with Crippen molar-refractivity contribution in [1.82, 2.24) is 0 Å². The normalized spacial score (nSPS) is 15.5. The molecule has 122 valence electrons. The number of hydrogen-bond donors (Lipinski definition) is 1. The Hall–Kier alpha value is -1.53. The molecule has 0 saturated carbocycles. The highest BCUT2D eigenvalue weighted by Crippen LogP contribution is 2.37. The summed E-state index contributed by atoms with van der Waals surface area (Å²) in [6.45, 7) is 12.1. The molecule has 6 heteroatoms. The van der Waals surface area contributed by atoms with Crippen molar-refractivity contribution in [2.45, 2.75) is 38.9 Å². The molecular weight excluding hydrogens is 296 g/mol. The Balaban J connectivity index is 2.08. The van der Waals surface area contributed by atoms with Crippen molar-refractivity contribution >= 4 is 25.6 Å². The van der Waals surface area contributed by atoms with Gasteiger partial charge in [-0.3, -0.25) is 4.79 Å². The van der Waals surface area contributed by atoms with E-state index in [-0.39, 0.29) is 17.6 Å². The molecule has 0 atom stereocenters. The van der Waals surface area contributed by atoms with Crippen LogP contribution in [0.1, 0.15) is 20.8 Å². The van der Waals surface area contributed by atoms with Crippen molar-refractivity contribution in [3.05, 3.63) is 18.2 Å². The van der Waals surface area contributed by atoms with E-state index in [9.17, 15) is 4.79 Å². The lowest BCUT2D eigenvalue weighted by Gasteiger charge is -2.37.